The van der Waals surface area contributed by atoms with Gasteiger partial charge in [-0.15, -0.1) is 0 Å². The van der Waals surface area contributed by atoms with E-state index in [1.165, 1.54) is 37.4 Å². The number of hydrogen-bond donors (Lipinski definition) is 2. The first-order chi connectivity index (χ1) is 21.8. The van der Waals surface area contributed by atoms with Gasteiger partial charge in [0.2, 0.25) is 0 Å². The standard InChI is InChI=1S/C31H23F7N6O2/c1-2-43-28-23(24(26(40-16-39)31(36,37)38)42-44(28)21-9-4-3-5-10-21)22(17-11-13-20(32)14-12-17)25(29(43)46)41-27(45)18-7-6-8-19(15-18)30(33,34)35/h3-15,22,25-26,40H,2H2,1H3,(H,41,45)/t22-,25-,26-/m0/s1. The number of rotatable bonds is 7. The molecule has 2 N–H and O–H groups in total. The van der Waals surface area contributed by atoms with E-state index in [0.29, 0.717) is 6.07 Å². The maximum atomic E-state index is 14.5. The minimum absolute atomic E-state index is 0.0906. The largest absolute Gasteiger partial charge is 0.416 e. The molecule has 1 aliphatic heterocycles. The predicted octanol–water partition coefficient (Wildman–Crippen LogP) is 6.00. The minimum atomic E-state index is -5.08. The van der Waals surface area contributed by atoms with Crippen LogP contribution in [0.5, 0.6) is 0 Å². The molecule has 5 rings (SSSR count). The molecule has 2 heterocycles. The number of benzene rings is 3. The summed E-state index contributed by atoms with van der Waals surface area (Å²) in [6.07, 6.45) is -8.57. The second kappa shape index (κ2) is 12.2. The molecule has 0 saturated heterocycles. The van der Waals surface area contributed by atoms with Crippen molar-refractivity contribution in [3.63, 3.8) is 0 Å². The molecule has 0 fully saturated rings. The van der Waals surface area contributed by atoms with Crippen LogP contribution in [0.4, 0.5) is 36.6 Å². The Hall–Kier alpha value is -5.39. The number of nitriles is 1. The highest BCUT2D eigenvalue weighted by Crippen LogP contribution is 2.47. The highest BCUT2D eigenvalue weighted by atomic mass is 19.4. The number of carbonyl (C=O) groups is 2. The second-order valence-corrected chi connectivity index (χ2v) is 10.2. The lowest BCUT2D eigenvalue weighted by molar-refractivity contribution is -0.155. The molecule has 2 amide bonds. The average molecular weight is 645 g/mol. The summed E-state index contributed by atoms with van der Waals surface area (Å²) in [6, 6.07) is 11.4. The first-order valence-corrected chi connectivity index (χ1v) is 13.7. The lowest BCUT2D eigenvalue weighted by Crippen LogP contribution is -2.55. The average Bonchev–Trinajstić information content (AvgIpc) is 3.39. The van der Waals surface area contributed by atoms with E-state index in [9.17, 15) is 45.6 Å². The van der Waals surface area contributed by atoms with E-state index in [2.05, 4.69) is 10.4 Å². The van der Waals surface area contributed by atoms with E-state index < -0.39 is 64.8 Å². The van der Waals surface area contributed by atoms with Crippen molar-refractivity contribution >= 4 is 17.6 Å². The summed E-state index contributed by atoms with van der Waals surface area (Å²) in [6.45, 7) is 1.40. The number of nitrogens with zero attached hydrogens (tertiary/aromatic N) is 4. The summed E-state index contributed by atoms with van der Waals surface area (Å²) >= 11 is 0. The molecule has 4 aromatic rings. The van der Waals surface area contributed by atoms with Gasteiger partial charge >= 0.3 is 12.4 Å². The molecule has 0 bridgehead atoms. The smallest absolute Gasteiger partial charge is 0.339 e. The van der Waals surface area contributed by atoms with Crippen LogP contribution < -0.4 is 15.5 Å². The molecule has 238 valence electrons. The molecule has 46 heavy (non-hydrogen) atoms. The molecule has 3 aromatic carbocycles. The number of anilines is 1. The Morgan fingerprint density at radius 1 is 1.00 bits per heavy atom. The normalized spacial score (nSPS) is 17.2. The monoisotopic (exact) mass is 644 g/mol. The molecule has 0 aliphatic carbocycles. The molecular weight excluding hydrogens is 621 g/mol. The van der Waals surface area contributed by atoms with Gasteiger partial charge < -0.3 is 10.6 Å². The van der Waals surface area contributed by atoms with Gasteiger partial charge in [-0.25, -0.2) is 9.07 Å². The molecule has 3 atom stereocenters. The Kier molecular flexibility index (Phi) is 8.48. The van der Waals surface area contributed by atoms with Gasteiger partial charge in [-0.05, 0) is 55.0 Å². The van der Waals surface area contributed by atoms with Gasteiger partial charge in [-0.1, -0.05) is 36.4 Å². The molecule has 0 saturated carbocycles. The highest BCUT2D eigenvalue weighted by Gasteiger charge is 2.51. The number of hydrogen-bond acceptors (Lipinski definition) is 5. The highest BCUT2D eigenvalue weighted by molar-refractivity contribution is 6.05. The third-order valence-corrected chi connectivity index (χ3v) is 7.45. The third kappa shape index (κ3) is 5.97. The molecule has 15 heteroatoms. The fourth-order valence-electron chi connectivity index (χ4n) is 5.45. The number of para-hydroxylation sites is 1. The summed E-state index contributed by atoms with van der Waals surface area (Å²) in [7, 11) is 0. The van der Waals surface area contributed by atoms with Crippen molar-refractivity contribution in [2.75, 3.05) is 11.4 Å². The quantitative estimate of drug-likeness (QED) is 0.146. The summed E-state index contributed by atoms with van der Waals surface area (Å²) in [5, 5.41) is 17.7. The topological polar surface area (TPSA) is 103 Å². The van der Waals surface area contributed by atoms with E-state index in [0.717, 1.165) is 39.9 Å². The first kappa shape index (κ1) is 32.0. The Morgan fingerprint density at radius 3 is 2.26 bits per heavy atom. The van der Waals surface area contributed by atoms with E-state index >= 15 is 0 Å². The van der Waals surface area contributed by atoms with Gasteiger partial charge in [0, 0.05) is 23.6 Å². The molecular formula is C31H23F7N6O2. The van der Waals surface area contributed by atoms with Crippen LogP contribution in [0.2, 0.25) is 0 Å². The SMILES string of the molecule is CCN1C(=O)[C@@H](NC(=O)c2cccc(C(F)(F)F)c2)[C@@H](c2ccc(F)cc2)c2c([C@H](NC#N)C(F)(F)F)nn(-c3ccccc3)c21. The number of likely N-dealkylation sites (N-methyl/N-ethyl adjacent to an activating group) is 1. The van der Waals surface area contributed by atoms with Crippen LogP contribution >= 0.6 is 0 Å². The van der Waals surface area contributed by atoms with E-state index in [1.807, 2.05) is 0 Å². The fraction of sp³-hybridized carbons (Fsp3) is 0.226. The number of fused-ring (bicyclic) bond motifs is 1. The van der Waals surface area contributed by atoms with Gasteiger partial charge in [-0.2, -0.15) is 36.7 Å². The Labute approximate surface area is 257 Å². The van der Waals surface area contributed by atoms with Crippen LogP contribution in [0.3, 0.4) is 0 Å². The fourth-order valence-corrected chi connectivity index (χ4v) is 5.45. The Balaban J connectivity index is 1.78. The van der Waals surface area contributed by atoms with Crippen molar-refractivity contribution in [2.24, 2.45) is 0 Å². The number of aromatic nitrogens is 2. The lowest BCUT2D eigenvalue weighted by Gasteiger charge is -2.39. The van der Waals surface area contributed by atoms with Crippen molar-refractivity contribution in [1.29, 1.82) is 5.26 Å². The lowest BCUT2D eigenvalue weighted by atomic mass is 9.80. The second-order valence-electron chi connectivity index (χ2n) is 10.2. The maximum Gasteiger partial charge on any atom is 0.416 e. The zero-order valence-electron chi connectivity index (χ0n) is 23.7. The van der Waals surface area contributed by atoms with Crippen LogP contribution in [0, 0.1) is 17.3 Å². The third-order valence-electron chi connectivity index (χ3n) is 7.45. The van der Waals surface area contributed by atoms with Gasteiger partial charge in [-0.3, -0.25) is 14.5 Å². The van der Waals surface area contributed by atoms with Crippen LogP contribution in [0.15, 0.2) is 78.9 Å². The van der Waals surface area contributed by atoms with Crippen molar-refractivity contribution < 1.29 is 40.3 Å². The first-order valence-electron chi connectivity index (χ1n) is 13.7. The Bertz CT molecular complexity index is 1800. The van der Waals surface area contributed by atoms with Crippen molar-refractivity contribution in [3.8, 4) is 11.9 Å². The van der Waals surface area contributed by atoms with Crippen LogP contribution in [-0.4, -0.2) is 40.4 Å². The zero-order valence-corrected chi connectivity index (χ0v) is 23.7. The van der Waals surface area contributed by atoms with Gasteiger partial charge in [0.1, 0.15) is 23.4 Å². The van der Waals surface area contributed by atoms with Crippen LogP contribution in [0.25, 0.3) is 5.69 Å². The maximum absolute atomic E-state index is 14.5. The number of alkyl halides is 6. The summed E-state index contributed by atoms with van der Waals surface area (Å²) in [4.78, 5) is 28.7. The van der Waals surface area contributed by atoms with Crippen molar-refractivity contribution in [2.45, 2.75) is 37.3 Å². The summed E-state index contributed by atoms with van der Waals surface area (Å²) in [5.74, 6) is -4.19. The Morgan fingerprint density at radius 2 is 1.67 bits per heavy atom. The van der Waals surface area contributed by atoms with Gasteiger partial charge in [0.05, 0.1) is 11.3 Å². The van der Waals surface area contributed by atoms with Gasteiger partial charge in [0.25, 0.3) is 11.8 Å². The summed E-state index contributed by atoms with van der Waals surface area (Å²) in [5.41, 5.74) is -2.16. The molecule has 1 aliphatic rings. The molecule has 1 aromatic heterocycles. The van der Waals surface area contributed by atoms with Crippen molar-refractivity contribution in [1.82, 2.24) is 20.4 Å². The van der Waals surface area contributed by atoms with Crippen LogP contribution in [0.1, 0.15) is 51.6 Å². The van der Waals surface area contributed by atoms with Gasteiger partial charge in [0.15, 0.2) is 12.2 Å². The van der Waals surface area contributed by atoms with E-state index in [4.69, 9.17) is 0 Å². The number of amides is 2. The number of carbonyl (C=O) groups excluding carboxylic acids is 2. The number of halogens is 7. The minimum Gasteiger partial charge on any atom is -0.339 e. The molecule has 0 radical (unpaired) electrons. The molecule has 8 nitrogen and oxygen atoms in total. The van der Waals surface area contributed by atoms with E-state index in [-0.39, 0.29) is 29.2 Å². The summed E-state index contributed by atoms with van der Waals surface area (Å²) < 4.78 is 98.9. The van der Waals surface area contributed by atoms with Crippen molar-refractivity contribution in [3.05, 3.63) is 113 Å². The van der Waals surface area contributed by atoms with E-state index in [1.54, 1.807) is 23.5 Å². The predicted molar refractivity (Wildman–Crippen MR) is 150 cm³/mol. The molecule has 0 unspecified atom stereocenters. The molecule has 0 spiro atoms. The number of nitrogens with one attached hydrogen (secondary N) is 2. The van der Waals surface area contributed by atoms with Crippen LogP contribution in [-0.2, 0) is 11.0 Å². The zero-order chi connectivity index (χ0) is 33.4.